The van der Waals surface area contributed by atoms with Gasteiger partial charge in [0, 0.05) is 18.8 Å². The fourth-order valence-corrected chi connectivity index (χ4v) is 3.02. The van der Waals surface area contributed by atoms with Gasteiger partial charge in [-0.05, 0) is 19.1 Å². The van der Waals surface area contributed by atoms with Crippen molar-refractivity contribution in [3.63, 3.8) is 0 Å². The van der Waals surface area contributed by atoms with E-state index in [-0.39, 0.29) is 22.8 Å². The van der Waals surface area contributed by atoms with Gasteiger partial charge in [-0.1, -0.05) is 11.6 Å². The molecule has 1 saturated heterocycles. The van der Waals surface area contributed by atoms with Gasteiger partial charge < -0.3 is 9.64 Å². The molecule has 1 fully saturated rings. The zero-order chi connectivity index (χ0) is 16.7. The zero-order valence-corrected chi connectivity index (χ0v) is 13.7. The van der Waals surface area contributed by atoms with E-state index in [1.807, 2.05) is 0 Å². The van der Waals surface area contributed by atoms with Crippen LogP contribution in [0.25, 0.3) is 17.1 Å². The van der Waals surface area contributed by atoms with Crippen molar-refractivity contribution in [1.29, 1.82) is 0 Å². The van der Waals surface area contributed by atoms with Gasteiger partial charge in [0.15, 0.2) is 5.65 Å². The Hall–Kier alpha value is -2.45. The Morgan fingerprint density at radius 1 is 1.42 bits per heavy atom. The molecule has 124 valence electrons. The van der Waals surface area contributed by atoms with Crippen LogP contribution in [0.5, 0.6) is 0 Å². The summed E-state index contributed by atoms with van der Waals surface area (Å²) in [4.78, 5) is 30.0. The lowest BCUT2D eigenvalue weighted by Crippen LogP contribution is -2.44. The van der Waals surface area contributed by atoms with Crippen LogP contribution in [0.4, 0.5) is 5.82 Å². The molecule has 1 aliphatic rings. The van der Waals surface area contributed by atoms with Crippen LogP contribution in [0.1, 0.15) is 6.92 Å². The van der Waals surface area contributed by atoms with Crippen molar-refractivity contribution < 1.29 is 4.74 Å². The van der Waals surface area contributed by atoms with Gasteiger partial charge in [0.1, 0.15) is 11.0 Å². The molecule has 0 saturated carbocycles. The number of aromatic amines is 1. The van der Waals surface area contributed by atoms with E-state index in [0.717, 1.165) is 0 Å². The molecule has 4 heterocycles. The number of imidazole rings is 1. The molecule has 0 aliphatic carbocycles. The van der Waals surface area contributed by atoms with E-state index in [0.29, 0.717) is 36.7 Å². The van der Waals surface area contributed by atoms with Gasteiger partial charge in [-0.15, -0.1) is 0 Å². The first-order valence-electron chi connectivity index (χ1n) is 7.58. The van der Waals surface area contributed by atoms with Crippen molar-refractivity contribution in [2.75, 3.05) is 24.7 Å². The predicted octanol–water partition coefficient (Wildman–Crippen LogP) is 1.38. The first-order valence-corrected chi connectivity index (χ1v) is 7.96. The molecule has 0 amide bonds. The van der Waals surface area contributed by atoms with Gasteiger partial charge in [-0.2, -0.15) is 4.98 Å². The Balaban J connectivity index is 1.86. The molecule has 0 aromatic carbocycles. The standard InChI is InChI=1S/C15H15ClN6O2/c1-9-8-24-6-5-21(9)12-7-11(16)18-14(19-12)22-10-3-2-4-17-13(10)20-15(22)23/h2-4,7,9H,5-6,8H2,1H3,(H,17,20,23)/t9-/m1/s1. The number of ether oxygens (including phenoxy) is 1. The Morgan fingerprint density at radius 3 is 3.12 bits per heavy atom. The summed E-state index contributed by atoms with van der Waals surface area (Å²) in [7, 11) is 0. The molecule has 0 radical (unpaired) electrons. The van der Waals surface area contributed by atoms with Crippen molar-refractivity contribution in [2.24, 2.45) is 0 Å². The van der Waals surface area contributed by atoms with Crippen molar-refractivity contribution >= 4 is 28.6 Å². The number of nitrogens with one attached hydrogen (secondary N) is 1. The molecule has 8 nitrogen and oxygen atoms in total. The average molecular weight is 347 g/mol. The van der Waals surface area contributed by atoms with Gasteiger partial charge >= 0.3 is 5.69 Å². The van der Waals surface area contributed by atoms with Crippen LogP contribution in [-0.2, 0) is 4.74 Å². The lowest BCUT2D eigenvalue weighted by atomic mass is 10.2. The summed E-state index contributed by atoms with van der Waals surface area (Å²) < 4.78 is 6.83. The van der Waals surface area contributed by atoms with Crippen LogP contribution < -0.4 is 10.6 Å². The molecule has 3 aromatic heterocycles. The number of morpholine rings is 1. The fourth-order valence-electron chi connectivity index (χ4n) is 2.85. The molecule has 0 bridgehead atoms. The van der Waals surface area contributed by atoms with Gasteiger partial charge in [-0.3, -0.25) is 4.98 Å². The topological polar surface area (TPSA) is 88.9 Å². The molecule has 3 aromatic rings. The summed E-state index contributed by atoms with van der Waals surface area (Å²) >= 11 is 6.19. The number of halogens is 1. The van der Waals surface area contributed by atoms with E-state index < -0.39 is 0 Å². The van der Waals surface area contributed by atoms with Gasteiger partial charge in [0.25, 0.3) is 0 Å². The van der Waals surface area contributed by atoms with Crippen LogP contribution >= 0.6 is 11.6 Å². The molecular formula is C15H15ClN6O2. The smallest absolute Gasteiger partial charge is 0.334 e. The maximum Gasteiger partial charge on any atom is 0.334 e. The second-order valence-corrected chi connectivity index (χ2v) is 5.99. The maximum atomic E-state index is 12.3. The average Bonchev–Trinajstić information content (AvgIpc) is 2.90. The number of H-pyrrole nitrogens is 1. The number of nitrogens with zero attached hydrogens (tertiary/aromatic N) is 5. The first kappa shape index (κ1) is 15.1. The normalized spacial score (nSPS) is 18.2. The van der Waals surface area contributed by atoms with Crippen LogP contribution in [0.15, 0.2) is 29.2 Å². The van der Waals surface area contributed by atoms with Crippen molar-refractivity contribution in [3.05, 3.63) is 40.0 Å². The minimum absolute atomic E-state index is 0.166. The van der Waals surface area contributed by atoms with E-state index in [1.165, 1.54) is 4.57 Å². The number of fused-ring (bicyclic) bond motifs is 1. The van der Waals surface area contributed by atoms with E-state index in [1.54, 1.807) is 24.4 Å². The second-order valence-electron chi connectivity index (χ2n) is 5.60. The number of hydrogen-bond acceptors (Lipinski definition) is 6. The minimum atomic E-state index is -0.355. The van der Waals surface area contributed by atoms with Crippen LogP contribution in [0.3, 0.4) is 0 Å². The number of pyridine rings is 1. The number of aromatic nitrogens is 5. The molecule has 1 aliphatic heterocycles. The van der Waals surface area contributed by atoms with Crippen LogP contribution in [0.2, 0.25) is 5.15 Å². The van der Waals surface area contributed by atoms with E-state index >= 15 is 0 Å². The summed E-state index contributed by atoms with van der Waals surface area (Å²) in [5.41, 5.74) is 0.727. The van der Waals surface area contributed by atoms with Crippen molar-refractivity contribution in [3.8, 4) is 5.95 Å². The van der Waals surface area contributed by atoms with Gasteiger partial charge in [0.2, 0.25) is 5.95 Å². The fraction of sp³-hybridized carbons (Fsp3) is 0.333. The predicted molar refractivity (Wildman–Crippen MR) is 89.9 cm³/mol. The monoisotopic (exact) mass is 346 g/mol. The largest absolute Gasteiger partial charge is 0.377 e. The summed E-state index contributed by atoms with van der Waals surface area (Å²) in [5.74, 6) is 0.895. The maximum absolute atomic E-state index is 12.3. The highest BCUT2D eigenvalue weighted by molar-refractivity contribution is 6.29. The van der Waals surface area contributed by atoms with E-state index in [4.69, 9.17) is 16.3 Å². The highest BCUT2D eigenvalue weighted by Gasteiger charge is 2.22. The lowest BCUT2D eigenvalue weighted by molar-refractivity contribution is 0.0985. The number of anilines is 1. The number of rotatable bonds is 2. The third-order valence-electron chi connectivity index (χ3n) is 3.99. The molecule has 1 N–H and O–H groups in total. The van der Waals surface area contributed by atoms with Crippen LogP contribution in [-0.4, -0.2) is 50.3 Å². The van der Waals surface area contributed by atoms with Gasteiger partial charge in [-0.25, -0.2) is 19.3 Å². The Labute approximate surface area is 142 Å². The number of hydrogen-bond donors (Lipinski definition) is 1. The lowest BCUT2D eigenvalue weighted by Gasteiger charge is -2.34. The molecular weight excluding hydrogens is 332 g/mol. The molecule has 1 atom stereocenters. The minimum Gasteiger partial charge on any atom is -0.377 e. The molecule has 9 heteroatoms. The molecule has 0 spiro atoms. The summed E-state index contributed by atoms with van der Waals surface area (Å²) in [6.07, 6.45) is 1.61. The SMILES string of the molecule is C[C@@H]1COCCN1c1cc(Cl)nc(-n2c(=O)[nH]c3ncccc32)n1. The Morgan fingerprint density at radius 2 is 2.29 bits per heavy atom. The van der Waals surface area contributed by atoms with Crippen LogP contribution in [0, 0.1) is 0 Å². The third kappa shape index (κ3) is 2.53. The Kier molecular flexibility index (Phi) is 3.70. The quantitative estimate of drug-likeness (QED) is 0.705. The third-order valence-corrected chi connectivity index (χ3v) is 4.18. The van der Waals surface area contributed by atoms with Crippen molar-refractivity contribution in [1.82, 2.24) is 24.5 Å². The molecule has 0 unspecified atom stereocenters. The van der Waals surface area contributed by atoms with E-state index in [2.05, 4.69) is 31.8 Å². The zero-order valence-electron chi connectivity index (χ0n) is 12.9. The first-order chi connectivity index (χ1) is 11.6. The van der Waals surface area contributed by atoms with Gasteiger partial charge in [0.05, 0.1) is 24.8 Å². The highest BCUT2D eigenvalue weighted by Crippen LogP contribution is 2.22. The van der Waals surface area contributed by atoms with Crippen molar-refractivity contribution in [2.45, 2.75) is 13.0 Å². The summed E-state index contributed by atoms with van der Waals surface area (Å²) in [6, 6.07) is 5.40. The summed E-state index contributed by atoms with van der Waals surface area (Å²) in [5, 5.41) is 0.277. The Bertz CT molecular complexity index is 953. The summed E-state index contributed by atoms with van der Waals surface area (Å²) in [6.45, 7) is 4.00. The molecule has 24 heavy (non-hydrogen) atoms. The highest BCUT2D eigenvalue weighted by atomic mass is 35.5. The molecule has 4 rings (SSSR count). The van der Waals surface area contributed by atoms with E-state index in [9.17, 15) is 4.79 Å². The second kappa shape index (κ2) is 5.88.